The molecule has 1 saturated heterocycles. The number of benzene rings is 1. The number of hydrogen-bond acceptors (Lipinski definition) is 2. The molecular weight excluding hydrogens is 254 g/mol. The van der Waals surface area contributed by atoms with Gasteiger partial charge in [0.2, 0.25) is 0 Å². The van der Waals surface area contributed by atoms with Crippen LogP contribution < -0.4 is 0 Å². The minimum Gasteiger partial charge on any atom is -0.481 e. The van der Waals surface area contributed by atoms with Crippen molar-refractivity contribution < 1.29 is 14.7 Å². The second kappa shape index (κ2) is 4.98. The number of carbonyl (C=O) groups is 2. The van der Waals surface area contributed by atoms with Crippen LogP contribution in [-0.4, -0.2) is 35.0 Å². The van der Waals surface area contributed by atoms with Crippen LogP contribution in [0.1, 0.15) is 17.3 Å². The first kappa shape index (κ1) is 12.9. The molecule has 0 radical (unpaired) electrons. The summed E-state index contributed by atoms with van der Waals surface area (Å²) < 4.78 is 0. The third-order valence-electron chi connectivity index (χ3n) is 3.37. The average molecular weight is 268 g/mol. The fraction of sp³-hybridized carbons (Fsp3) is 0.385. The van der Waals surface area contributed by atoms with E-state index < -0.39 is 11.9 Å². The lowest BCUT2D eigenvalue weighted by Crippen LogP contribution is -2.53. The molecule has 1 aromatic carbocycles. The predicted octanol–water partition coefficient (Wildman–Crippen LogP) is 2.13. The van der Waals surface area contributed by atoms with Crippen molar-refractivity contribution in [2.75, 3.05) is 13.1 Å². The number of carbonyl (C=O) groups excluding carboxylic acids is 1. The predicted molar refractivity (Wildman–Crippen MR) is 67.6 cm³/mol. The maximum absolute atomic E-state index is 12.0. The van der Waals surface area contributed by atoms with E-state index in [9.17, 15) is 9.59 Å². The minimum atomic E-state index is -0.810. The number of carboxylic acids is 1. The van der Waals surface area contributed by atoms with Crippen LogP contribution in [-0.2, 0) is 4.79 Å². The molecule has 96 valence electrons. The van der Waals surface area contributed by atoms with Crippen molar-refractivity contribution in [1.29, 1.82) is 0 Å². The van der Waals surface area contributed by atoms with E-state index >= 15 is 0 Å². The molecule has 5 heteroatoms. The third-order valence-corrected chi connectivity index (χ3v) is 3.60. The Hall–Kier alpha value is -1.55. The van der Waals surface area contributed by atoms with Crippen LogP contribution in [0.4, 0.5) is 0 Å². The Morgan fingerprint density at radius 1 is 1.44 bits per heavy atom. The molecule has 1 fully saturated rings. The Morgan fingerprint density at radius 2 is 2.11 bits per heavy atom. The van der Waals surface area contributed by atoms with Gasteiger partial charge < -0.3 is 10.0 Å². The lowest BCUT2D eigenvalue weighted by atomic mass is 9.86. The normalized spacial score (nSPS) is 17.1. The maximum Gasteiger partial charge on any atom is 0.306 e. The first-order chi connectivity index (χ1) is 8.49. The van der Waals surface area contributed by atoms with Gasteiger partial charge in [-0.15, -0.1) is 0 Å². The SMILES string of the molecule is CC(C(=O)O)C1CN(C(=O)c2cccc(Cl)c2)C1. The highest BCUT2D eigenvalue weighted by Gasteiger charge is 2.37. The van der Waals surface area contributed by atoms with E-state index in [1.807, 2.05) is 0 Å². The maximum atomic E-state index is 12.0. The quantitative estimate of drug-likeness (QED) is 0.913. The molecule has 1 heterocycles. The Kier molecular flexibility index (Phi) is 3.57. The summed E-state index contributed by atoms with van der Waals surface area (Å²) in [7, 11) is 0. The monoisotopic (exact) mass is 267 g/mol. The Bertz CT molecular complexity index is 483. The van der Waals surface area contributed by atoms with Gasteiger partial charge in [0.05, 0.1) is 5.92 Å². The van der Waals surface area contributed by atoms with Crippen LogP contribution in [0, 0.1) is 11.8 Å². The molecule has 18 heavy (non-hydrogen) atoms. The van der Waals surface area contributed by atoms with E-state index in [-0.39, 0.29) is 11.8 Å². The lowest BCUT2D eigenvalue weighted by Gasteiger charge is -2.41. The van der Waals surface area contributed by atoms with Crippen molar-refractivity contribution in [3.8, 4) is 0 Å². The van der Waals surface area contributed by atoms with Crippen molar-refractivity contribution in [2.45, 2.75) is 6.92 Å². The molecule has 1 aliphatic rings. The Morgan fingerprint density at radius 3 is 2.67 bits per heavy atom. The van der Waals surface area contributed by atoms with Crippen molar-refractivity contribution in [3.05, 3.63) is 34.9 Å². The highest BCUT2D eigenvalue weighted by molar-refractivity contribution is 6.30. The fourth-order valence-corrected chi connectivity index (χ4v) is 2.19. The van der Waals surface area contributed by atoms with Crippen LogP contribution in [0.3, 0.4) is 0 Å². The van der Waals surface area contributed by atoms with Gasteiger partial charge in [-0.25, -0.2) is 0 Å². The van der Waals surface area contributed by atoms with E-state index in [4.69, 9.17) is 16.7 Å². The minimum absolute atomic E-state index is 0.0469. The number of aliphatic carboxylic acids is 1. The average Bonchev–Trinajstić information content (AvgIpc) is 2.26. The summed E-state index contributed by atoms with van der Waals surface area (Å²) in [6.07, 6.45) is 0. The van der Waals surface area contributed by atoms with Gasteiger partial charge in [-0.2, -0.15) is 0 Å². The summed E-state index contributed by atoms with van der Waals surface area (Å²) in [6.45, 7) is 2.67. The number of rotatable bonds is 3. The summed E-state index contributed by atoms with van der Waals surface area (Å²) in [4.78, 5) is 24.5. The van der Waals surface area contributed by atoms with Crippen LogP contribution in [0.15, 0.2) is 24.3 Å². The van der Waals surface area contributed by atoms with Crippen molar-refractivity contribution in [1.82, 2.24) is 4.90 Å². The van der Waals surface area contributed by atoms with Crippen molar-refractivity contribution >= 4 is 23.5 Å². The van der Waals surface area contributed by atoms with Gasteiger partial charge in [-0.3, -0.25) is 9.59 Å². The summed E-state index contributed by atoms with van der Waals surface area (Å²) in [5.41, 5.74) is 0.545. The summed E-state index contributed by atoms with van der Waals surface area (Å²) in [5.74, 6) is -1.26. The van der Waals surface area contributed by atoms with Gasteiger partial charge in [0.15, 0.2) is 0 Å². The Balaban J connectivity index is 1.96. The van der Waals surface area contributed by atoms with Crippen LogP contribution in [0.25, 0.3) is 0 Å². The molecule has 2 rings (SSSR count). The Labute approximate surface area is 110 Å². The smallest absolute Gasteiger partial charge is 0.306 e. The molecule has 1 atom stereocenters. The zero-order valence-corrected chi connectivity index (χ0v) is 10.7. The molecular formula is C13H14ClNO3. The molecule has 4 nitrogen and oxygen atoms in total. The zero-order chi connectivity index (χ0) is 13.3. The number of hydrogen-bond donors (Lipinski definition) is 1. The molecule has 1 amide bonds. The molecule has 1 aliphatic heterocycles. The zero-order valence-electron chi connectivity index (χ0n) is 9.97. The van der Waals surface area contributed by atoms with E-state index in [0.717, 1.165) is 0 Å². The van der Waals surface area contributed by atoms with E-state index in [1.54, 1.807) is 36.1 Å². The van der Waals surface area contributed by atoms with Crippen molar-refractivity contribution in [3.63, 3.8) is 0 Å². The first-order valence-electron chi connectivity index (χ1n) is 5.76. The molecule has 0 bridgehead atoms. The third kappa shape index (κ3) is 2.48. The summed E-state index contributed by atoms with van der Waals surface area (Å²) in [6, 6.07) is 6.77. The number of halogens is 1. The topological polar surface area (TPSA) is 57.6 Å². The highest BCUT2D eigenvalue weighted by Crippen LogP contribution is 2.26. The molecule has 1 unspecified atom stereocenters. The van der Waals surface area contributed by atoms with Crippen LogP contribution >= 0.6 is 11.6 Å². The van der Waals surface area contributed by atoms with Gasteiger partial charge in [-0.05, 0) is 18.2 Å². The van der Waals surface area contributed by atoms with Gasteiger partial charge >= 0.3 is 5.97 Å². The van der Waals surface area contributed by atoms with Crippen LogP contribution in [0.2, 0.25) is 5.02 Å². The number of nitrogens with zero attached hydrogens (tertiary/aromatic N) is 1. The number of carboxylic acid groups (broad SMARTS) is 1. The second-order valence-corrected chi connectivity index (χ2v) is 5.04. The largest absolute Gasteiger partial charge is 0.481 e. The van der Waals surface area contributed by atoms with Gasteiger partial charge in [-0.1, -0.05) is 24.6 Å². The highest BCUT2D eigenvalue weighted by atomic mass is 35.5. The number of amides is 1. The summed E-state index contributed by atoms with van der Waals surface area (Å²) in [5, 5.41) is 9.40. The van der Waals surface area contributed by atoms with Crippen molar-refractivity contribution in [2.24, 2.45) is 11.8 Å². The van der Waals surface area contributed by atoms with E-state index in [1.165, 1.54) is 0 Å². The molecule has 0 spiro atoms. The fourth-order valence-electron chi connectivity index (χ4n) is 2.00. The van der Waals surface area contributed by atoms with Gasteiger partial charge in [0, 0.05) is 29.6 Å². The first-order valence-corrected chi connectivity index (χ1v) is 6.14. The van der Waals surface area contributed by atoms with Gasteiger partial charge in [0.25, 0.3) is 5.91 Å². The summed E-state index contributed by atoms with van der Waals surface area (Å²) >= 11 is 5.83. The van der Waals surface area contributed by atoms with Gasteiger partial charge in [0.1, 0.15) is 0 Å². The van der Waals surface area contributed by atoms with E-state index in [0.29, 0.717) is 23.7 Å². The molecule has 0 aliphatic carbocycles. The lowest BCUT2D eigenvalue weighted by molar-refractivity contribution is -0.144. The molecule has 0 aromatic heterocycles. The molecule has 0 saturated carbocycles. The second-order valence-electron chi connectivity index (χ2n) is 4.61. The molecule has 1 N–H and O–H groups in total. The standard InChI is InChI=1S/C13H14ClNO3/c1-8(13(17)18)10-6-15(7-10)12(16)9-3-2-4-11(14)5-9/h2-5,8,10H,6-7H2,1H3,(H,17,18). The molecule has 1 aromatic rings. The number of likely N-dealkylation sites (tertiary alicyclic amines) is 1. The van der Waals surface area contributed by atoms with E-state index in [2.05, 4.69) is 0 Å². The van der Waals surface area contributed by atoms with Crippen LogP contribution in [0.5, 0.6) is 0 Å².